The van der Waals surface area contributed by atoms with Crippen molar-refractivity contribution in [1.82, 2.24) is 14.6 Å². The third kappa shape index (κ3) is 3.01. The molecule has 1 aliphatic carbocycles. The van der Waals surface area contributed by atoms with Crippen LogP contribution in [0.5, 0.6) is 0 Å². The molecule has 0 unspecified atom stereocenters. The van der Waals surface area contributed by atoms with Crippen LogP contribution in [0.2, 0.25) is 0 Å². The molecule has 0 aliphatic heterocycles. The maximum atomic E-state index is 13.3. The normalized spacial score (nSPS) is 15.8. The average Bonchev–Trinajstić information content (AvgIpc) is 3.15. The molecule has 8 heteroatoms. The van der Waals surface area contributed by atoms with Crippen molar-refractivity contribution in [2.75, 3.05) is 6.26 Å². The van der Waals surface area contributed by atoms with Gasteiger partial charge < -0.3 is 4.18 Å². The number of halogens is 3. The highest BCUT2D eigenvalue weighted by Crippen LogP contribution is 2.37. The molecule has 0 spiro atoms. The molecule has 1 aliphatic rings. The van der Waals surface area contributed by atoms with Crippen LogP contribution in [0, 0.1) is 5.92 Å². The van der Waals surface area contributed by atoms with E-state index in [0.717, 1.165) is 24.9 Å². The first-order valence-electron chi connectivity index (χ1n) is 6.59. The summed E-state index contributed by atoms with van der Waals surface area (Å²) in [4.78, 5) is 0. The van der Waals surface area contributed by atoms with Gasteiger partial charge in [0.15, 0.2) is 5.65 Å². The molecule has 3 rings (SSSR count). The number of hydrogen-bond donors (Lipinski definition) is 0. The smallest absolute Gasteiger partial charge is 0.311 e. The van der Waals surface area contributed by atoms with E-state index in [9.17, 15) is 13.2 Å². The van der Waals surface area contributed by atoms with E-state index in [1.54, 1.807) is 12.5 Å². The third-order valence-electron chi connectivity index (χ3n) is 3.52. The summed E-state index contributed by atoms with van der Waals surface area (Å²) < 4.78 is 46.5. The summed E-state index contributed by atoms with van der Waals surface area (Å²) in [5, 5.41) is 7.70. The zero-order chi connectivity index (χ0) is 15.0. The molecule has 2 aromatic heterocycles. The largest absolute Gasteiger partial charge is 0.420 e. The predicted molar refractivity (Wildman–Crippen MR) is 72.7 cm³/mol. The van der Waals surface area contributed by atoms with Crippen molar-refractivity contribution in [2.45, 2.75) is 32.0 Å². The van der Waals surface area contributed by atoms with Crippen molar-refractivity contribution in [3.05, 3.63) is 29.2 Å². The third-order valence-corrected chi connectivity index (χ3v) is 3.87. The lowest BCUT2D eigenvalue weighted by Crippen LogP contribution is -2.13. The summed E-state index contributed by atoms with van der Waals surface area (Å²) in [5.41, 5.74) is -0.816. The predicted octanol–water partition coefficient (Wildman–Crippen LogP) is 3.50. The van der Waals surface area contributed by atoms with E-state index in [1.165, 1.54) is 10.5 Å². The van der Waals surface area contributed by atoms with Crippen LogP contribution in [-0.2, 0) is 23.4 Å². The van der Waals surface area contributed by atoms with Crippen LogP contribution in [0.25, 0.3) is 5.65 Å². The Morgan fingerprint density at radius 1 is 1.38 bits per heavy atom. The molecule has 2 heterocycles. The van der Waals surface area contributed by atoms with Gasteiger partial charge in [0.25, 0.3) is 0 Å². The van der Waals surface area contributed by atoms with Gasteiger partial charge >= 0.3 is 6.18 Å². The SMILES string of the molecule is CSOCc1ccn2c(CC3CC3)nnc2c1C(F)(F)F. The van der Waals surface area contributed by atoms with Gasteiger partial charge in [0.1, 0.15) is 11.4 Å². The van der Waals surface area contributed by atoms with E-state index >= 15 is 0 Å². The molecule has 0 saturated heterocycles. The molecular weight excluding hydrogens is 303 g/mol. The number of alkyl halides is 3. The maximum Gasteiger partial charge on any atom is 0.420 e. The van der Waals surface area contributed by atoms with Crippen molar-refractivity contribution in [3.63, 3.8) is 0 Å². The number of nitrogens with zero attached hydrogens (tertiary/aromatic N) is 3. The Balaban J connectivity index is 2.07. The lowest BCUT2D eigenvalue weighted by atomic mass is 10.1. The van der Waals surface area contributed by atoms with Gasteiger partial charge in [-0.1, -0.05) is 0 Å². The topological polar surface area (TPSA) is 39.4 Å². The Morgan fingerprint density at radius 2 is 2.14 bits per heavy atom. The molecule has 114 valence electrons. The first-order chi connectivity index (χ1) is 10.0. The highest BCUT2D eigenvalue weighted by atomic mass is 32.2. The monoisotopic (exact) mass is 317 g/mol. The summed E-state index contributed by atoms with van der Waals surface area (Å²) in [6, 6.07) is 1.44. The highest BCUT2D eigenvalue weighted by Gasteiger charge is 2.37. The van der Waals surface area contributed by atoms with Gasteiger partial charge in [-0.2, -0.15) is 13.2 Å². The Hall–Kier alpha value is -1.28. The highest BCUT2D eigenvalue weighted by molar-refractivity contribution is 7.93. The minimum absolute atomic E-state index is 0.0784. The molecule has 2 aromatic rings. The van der Waals surface area contributed by atoms with E-state index in [4.69, 9.17) is 4.18 Å². The second-order valence-electron chi connectivity index (χ2n) is 5.10. The zero-order valence-corrected chi connectivity index (χ0v) is 12.2. The van der Waals surface area contributed by atoms with Gasteiger partial charge in [0.05, 0.1) is 6.61 Å². The Labute approximate surface area is 123 Å². The minimum atomic E-state index is -4.48. The van der Waals surface area contributed by atoms with Crippen molar-refractivity contribution < 1.29 is 17.4 Å². The standard InChI is InChI=1S/C13H14F3N3OS/c1-21-20-7-9-4-5-19-10(6-8-2-3-8)17-18-12(19)11(9)13(14,15)16/h4-5,8H,2-3,6-7H2,1H3. The lowest BCUT2D eigenvalue weighted by Gasteiger charge is -2.13. The van der Waals surface area contributed by atoms with Crippen molar-refractivity contribution in [3.8, 4) is 0 Å². The van der Waals surface area contributed by atoms with Crippen molar-refractivity contribution >= 4 is 17.7 Å². The Kier molecular flexibility index (Phi) is 3.83. The van der Waals surface area contributed by atoms with Crippen LogP contribution in [0.3, 0.4) is 0 Å². The van der Waals surface area contributed by atoms with E-state index in [1.807, 2.05) is 0 Å². The number of pyridine rings is 1. The minimum Gasteiger partial charge on any atom is -0.311 e. The van der Waals surface area contributed by atoms with Crippen LogP contribution in [0.1, 0.15) is 29.8 Å². The van der Waals surface area contributed by atoms with Crippen molar-refractivity contribution in [1.29, 1.82) is 0 Å². The summed E-state index contributed by atoms with van der Waals surface area (Å²) in [6.45, 7) is -0.114. The Morgan fingerprint density at radius 3 is 2.76 bits per heavy atom. The fraction of sp³-hybridized carbons (Fsp3) is 0.538. The molecule has 0 N–H and O–H groups in total. The number of rotatable bonds is 5. The number of fused-ring (bicyclic) bond motifs is 1. The molecule has 0 aromatic carbocycles. The van der Waals surface area contributed by atoms with Crippen LogP contribution in [-0.4, -0.2) is 20.9 Å². The lowest BCUT2D eigenvalue weighted by molar-refractivity contribution is -0.137. The van der Waals surface area contributed by atoms with Crippen LogP contribution in [0.4, 0.5) is 13.2 Å². The Bertz CT molecular complexity index is 652. The molecule has 1 fully saturated rings. The van der Waals surface area contributed by atoms with Gasteiger partial charge in [-0.25, -0.2) is 0 Å². The summed E-state index contributed by atoms with van der Waals surface area (Å²) in [7, 11) is 0. The van der Waals surface area contributed by atoms with Crippen LogP contribution in [0.15, 0.2) is 12.3 Å². The summed E-state index contributed by atoms with van der Waals surface area (Å²) >= 11 is 1.03. The first kappa shape index (κ1) is 14.6. The molecule has 0 bridgehead atoms. The fourth-order valence-electron chi connectivity index (χ4n) is 2.31. The average molecular weight is 317 g/mol. The molecule has 0 atom stereocenters. The fourth-order valence-corrected chi connectivity index (χ4v) is 2.56. The molecule has 4 nitrogen and oxygen atoms in total. The molecule has 21 heavy (non-hydrogen) atoms. The molecular formula is C13H14F3N3OS. The first-order valence-corrected chi connectivity index (χ1v) is 7.74. The van der Waals surface area contributed by atoms with E-state index in [-0.39, 0.29) is 17.8 Å². The molecule has 0 amide bonds. The zero-order valence-electron chi connectivity index (χ0n) is 11.4. The van der Waals surface area contributed by atoms with E-state index in [2.05, 4.69) is 10.2 Å². The second-order valence-corrected chi connectivity index (χ2v) is 5.67. The summed E-state index contributed by atoms with van der Waals surface area (Å²) in [6.07, 6.45) is 1.68. The van der Waals surface area contributed by atoms with Gasteiger partial charge in [0, 0.05) is 18.9 Å². The van der Waals surface area contributed by atoms with E-state index < -0.39 is 11.7 Å². The van der Waals surface area contributed by atoms with Gasteiger partial charge in [-0.05, 0) is 42.4 Å². The van der Waals surface area contributed by atoms with Gasteiger partial charge in [-0.3, -0.25) is 4.40 Å². The molecule has 1 saturated carbocycles. The summed E-state index contributed by atoms with van der Waals surface area (Å²) in [5.74, 6) is 1.13. The van der Waals surface area contributed by atoms with Crippen LogP contribution >= 0.6 is 12.0 Å². The maximum absolute atomic E-state index is 13.3. The van der Waals surface area contributed by atoms with Crippen molar-refractivity contribution in [2.24, 2.45) is 5.92 Å². The number of aromatic nitrogens is 3. The molecule has 0 radical (unpaired) electrons. The van der Waals surface area contributed by atoms with Gasteiger partial charge in [-0.15, -0.1) is 10.2 Å². The van der Waals surface area contributed by atoms with Gasteiger partial charge in [0.2, 0.25) is 0 Å². The van der Waals surface area contributed by atoms with E-state index in [0.29, 0.717) is 18.2 Å². The van der Waals surface area contributed by atoms with Crippen LogP contribution < -0.4 is 0 Å². The quantitative estimate of drug-likeness (QED) is 0.791. The second kappa shape index (κ2) is 5.49. The number of hydrogen-bond acceptors (Lipinski definition) is 4.